The summed E-state index contributed by atoms with van der Waals surface area (Å²) >= 11 is 0. The second-order valence-electron chi connectivity index (χ2n) is 5.26. The zero-order valence-corrected chi connectivity index (χ0v) is 10.5. The van der Waals surface area contributed by atoms with Crippen molar-refractivity contribution in [2.45, 2.75) is 51.1 Å². The summed E-state index contributed by atoms with van der Waals surface area (Å²) in [6, 6.07) is 1.10. The van der Waals surface area contributed by atoms with Crippen molar-refractivity contribution >= 4 is 5.95 Å². The van der Waals surface area contributed by atoms with Gasteiger partial charge in [-0.05, 0) is 26.2 Å². The fourth-order valence-electron chi connectivity index (χ4n) is 2.91. The smallest absolute Gasteiger partial charge is 0.203 e. The average molecular weight is 235 g/mol. The Hall–Kier alpha value is -1.03. The summed E-state index contributed by atoms with van der Waals surface area (Å²) in [4.78, 5) is 4.62. The minimum absolute atomic E-state index is 0.442. The van der Waals surface area contributed by atoms with E-state index in [1.807, 2.05) is 0 Å². The molecule has 0 spiro atoms. The number of nitrogens with zero attached hydrogens (tertiary/aromatic N) is 2. The second kappa shape index (κ2) is 4.69. The highest BCUT2D eigenvalue weighted by atomic mass is 16.5. The van der Waals surface area contributed by atoms with Crippen LogP contribution in [0, 0.1) is 6.92 Å². The third-order valence-electron chi connectivity index (χ3n) is 3.83. The molecule has 2 aliphatic rings. The monoisotopic (exact) mass is 235 g/mol. The Bertz CT molecular complexity index is 376. The molecular weight excluding hydrogens is 214 g/mol. The standard InChI is InChI=1S/C13H21N3O/c1-10-8-16(12-4-2-3-5-12)13(14-10)15-11-6-7-17-9-11/h8,11-12H,2-7,9H2,1H3,(H,14,15). The summed E-state index contributed by atoms with van der Waals surface area (Å²) in [5, 5.41) is 3.53. The van der Waals surface area contributed by atoms with Gasteiger partial charge < -0.3 is 14.6 Å². The zero-order valence-electron chi connectivity index (χ0n) is 10.5. The van der Waals surface area contributed by atoms with Gasteiger partial charge in [-0.2, -0.15) is 0 Å². The first-order chi connectivity index (χ1) is 8.33. The Morgan fingerprint density at radius 2 is 2.18 bits per heavy atom. The predicted octanol–water partition coefficient (Wildman–Crippen LogP) is 2.51. The van der Waals surface area contributed by atoms with Crippen molar-refractivity contribution in [3.63, 3.8) is 0 Å². The summed E-state index contributed by atoms with van der Waals surface area (Å²) in [6.45, 7) is 3.76. The van der Waals surface area contributed by atoms with E-state index in [2.05, 4.69) is 28.0 Å². The van der Waals surface area contributed by atoms with Crippen molar-refractivity contribution in [2.24, 2.45) is 0 Å². The van der Waals surface area contributed by atoms with Gasteiger partial charge in [-0.1, -0.05) is 12.8 Å². The molecule has 0 radical (unpaired) electrons. The van der Waals surface area contributed by atoms with E-state index in [9.17, 15) is 0 Å². The minimum Gasteiger partial charge on any atom is -0.379 e. The number of hydrogen-bond acceptors (Lipinski definition) is 3. The van der Waals surface area contributed by atoms with Crippen LogP contribution in [-0.2, 0) is 4.74 Å². The number of rotatable bonds is 3. The van der Waals surface area contributed by atoms with Gasteiger partial charge in [0, 0.05) is 18.8 Å². The number of nitrogens with one attached hydrogen (secondary N) is 1. The molecule has 0 aromatic carbocycles. The Morgan fingerprint density at radius 3 is 2.88 bits per heavy atom. The third-order valence-corrected chi connectivity index (χ3v) is 3.83. The first-order valence-corrected chi connectivity index (χ1v) is 6.72. The van der Waals surface area contributed by atoms with Gasteiger partial charge in [-0.25, -0.2) is 4.98 Å². The molecule has 1 atom stereocenters. The number of imidazole rings is 1. The molecule has 17 heavy (non-hydrogen) atoms. The number of anilines is 1. The Morgan fingerprint density at radius 1 is 1.35 bits per heavy atom. The molecule has 1 saturated carbocycles. The van der Waals surface area contributed by atoms with E-state index >= 15 is 0 Å². The van der Waals surface area contributed by atoms with Crippen LogP contribution in [0.2, 0.25) is 0 Å². The molecule has 2 heterocycles. The maximum atomic E-state index is 5.40. The van der Waals surface area contributed by atoms with Gasteiger partial charge in [0.05, 0.1) is 18.3 Å². The molecule has 1 N–H and O–H groups in total. The van der Waals surface area contributed by atoms with Crippen LogP contribution in [0.4, 0.5) is 5.95 Å². The predicted molar refractivity (Wildman–Crippen MR) is 67.3 cm³/mol. The van der Waals surface area contributed by atoms with Gasteiger partial charge >= 0.3 is 0 Å². The zero-order chi connectivity index (χ0) is 11.7. The van der Waals surface area contributed by atoms with Gasteiger partial charge in [0.25, 0.3) is 0 Å². The van der Waals surface area contributed by atoms with E-state index in [4.69, 9.17) is 4.74 Å². The van der Waals surface area contributed by atoms with Gasteiger partial charge in [0.2, 0.25) is 5.95 Å². The topological polar surface area (TPSA) is 39.1 Å². The summed E-state index contributed by atoms with van der Waals surface area (Å²) in [5.41, 5.74) is 1.11. The van der Waals surface area contributed by atoms with E-state index < -0.39 is 0 Å². The second-order valence-corrected chi connectivity index (χ2v) is 5.26. The Balaban J connectivity index is 1.77. The molecule has 1 aliphatic heterocycles. The molecule has 1 aromatic rings. The molecule has 1 aromatic heterocycles. The lowest BCUT2D eigenvalue weighted by Gasteiger charge is -2.18. The Kier molecular flexibility index (Phi) is 3.05. The van der Waals surface area contributed by atoms with E-state index in [1.54, 1.807) is 0 Å². The molecule has 4 heteroatoms. The van der Waals surface area contributed by atoms with Gasteiger partial charge in [0.15, 0.2) is 0 Å². The lowest BCUT2D eigenvalue weighted by Crippen LogP contribution is -2.22. The number of aryl methyl sites for hydroxylation is 1. The number of hydrogen-bond donors (Lipinski definition) is 1. The van der Waals surface area contributed by atoms with Gasteiger partial charge in [0.1, 0.15) is 0 Å². The van der Waals surface area contributed by atoms with E-state index in [0.717, 1.165) is 31.3 Å². The first kappa shape index (κ1) is 11.1. The quantitative estimate of drug-likeness (QED) is 0.875. The van der Waals surface area contributed by atoms with Crippen LogP contribution in [0.15, 0.2) is 6.20 Å². The molecule has 0 amide bonds. The van der Waals surface area contributed by atoms with E-state index in [0.29, 0.717) is 12.1 Å². The van der Waals surface area contributed by atoms with Gasteiger partial charge in [-0.15, -0.1) is 0 Å². The summed E-state index contributed by atoms with van der Waals surface area (Å²) < 4.78 is 7.75. The lowest BCUT2D eigenvalue weighted by molar-refractivity contribution is 0.195. The summed E-state index contributed by atoms with van der Waals surface area (Å²) in [5.74, 6) is 1.05. The molecule has 1 aliphatic carbocycles. The van der Waals surface area contributed by atoms with Crippen LogP contribution >= 0.6 is 0 Å². The fraction of sp³-hybridized carbons (Fsp3) is 0.769. The molecule has 0 bridgehead atoms. The van der Waals surface area contributed by atoms with E-state index in [1.165, 1.54) is 25.7 Å². The van der Waals surface area contributed by atoms with Crippen molar-refractivity contribution < 1.29 is 4.74 Å². The highest BCUT2D eigenvalue weighted by Gasteiger charge is 2.23. The fourth-order valence-corrected chi connectivity index (χ4v) is 2.91. The van der Waals surface area contributed by atoms with Crippen LogP contribution in [0.1, 0.15) is 43.8 Å². The normalized spacial score (nSPS) is 25.6. The van der Waals surface area contributed by atoms with Crippen LogP contribution in [0.25, 0.3) is 0 Å². The molecule has 3 rings (SSSR count). The van der Waals surface area contributed by atoms with Crippen molar-refractivity contribution in [3.8, 4) is 0 Å². The molecule has 2 fully saturated rings. The van der Waals surface area contributed by atoms with Crippen molar-refractivity contribution in [2.75, 3.05) is 18.5 Å². The van der Waals surface area contributed by atoms with Crippen molar-refractivity contribution in [1.82, 2.24) is 9.55 Å². The SMILES string of the molecule is Cc1cn(C2CCCC2)c(NC2CCOC2)n1. The largest absolute Gasteiger partial charge is 0.379 e. The van der Waals surface area contributed by atoms with Crippen LogP contribution in [0.3, 0.4) is 0 Å². The summed E-state index contributed by atoms with van der Waals surface area (Å²) in [7, 11) is 0. The van der Waals surface area contributed by atoms with Crippen molar-refractivity contribution in [3.05, 3.63) is 11.9 Å². The molecule has 94 valence electrons. The van der Waals surface area contributed by atoms with E-state index in [-0.39, 0.29) is 0 Å². The highest BCUT2D eigenvalue weighted by molar-refractivity contribution is 5.31. The minimum atomic E-state index is 0.442. The average Bonchev–Trinajstić information content (AvgIpc) is 3.00. The summed E-state index contributed by atoms with van der Waals surface area (Å²) in [6.07, 6.45) is 8.59. The third kappa shape index (κ3) is 2.32. The first-order valence-electron chi connectivity index (χ1n) is 6.72. The maximum Gasteiger partial charge on any atom is 0.203 e. The maximum absolute atomic E-state index is 5.40. The van der Waals surface area contributed by atoms with Crippen LogP contribution in [0.5, 0.6) is 0 Å². The number of ether oxygens (including phenoxy) is 1. The van der Waals surface area contributed by atoms with Crippen LogP contribution < -0.4 is 5.32 Å². The highest BCUT2D eigenvalue weighted by Crippen LogP contribution is 2.32. The molecule has 1 unspecified atom stereocenters. The van der Waals surface area contributed by atoms with Gasteiger partial charge in [-0.3, -0.25) is 0 Å². The molecular formula is C13H21N3O. The van der Waals surface area contributed by atoms with Crippen molar-refractivity contribution in [1.29, 1.82) is 0 Å². The lowest BCUT2D eigenvalue weighted by atomic mass is 10.2. The van der Waals surface area contributed by atoms with Crippen LogP contribution in [-0.4, -0.2) is 28.8 Å². The Labute approximate surface area is 102 Å². The molecule has 1 saturated heterocycles. The molecule has 4 nitrogen and oxygen atoms in total. The number of aromatic nitrogens is 2.